The first-order valence-corrected chi connectivity index (χ1v) is 5.79. The van der Waals surface area contributed by atoms with Gasteiger partial charge in [-0.25, -0.2) is 0 Å². The summed E-state index contributed by atoms with van der Waals surface area (Å²) < 4.78 is 10.6. The second-order valence-electron chi connectivity index (χ2n) is 3.98. The van der Waals surface area contributed by atoms with Crippen molar-refractivity contribution in [1.82, 2.24) is 0 Å². The lowest BCUT2D eigenvalue weighted by molar-refractivity contribution is 0.279. The molecule has 4 heteroatoms. The summed E-state index contributed by atoms with van der Waals surface area (Å²) in [5.74, 6) is 1.47. The van der Waals surface area contributed by atoms with Gasteiger partial charge in [-0.3, -0.25) is 0 Å². The van der Waals surface area contributed by atoms with E-state index in [9.17, 15) is 0 Å². The molecule has 17 heavy (non-hydrogen) atoms. The van der Waals surface area contributed by atoms with Gasteiger partial charge in [0.2, 0.25) is 0 Å². The molecule has 96 valence electrons. The van der Waals surface area contributed by atoms with Crippen molar-refractivity contribution < 1.29 is 14.6 Å². The fourth-order valence-electron chi connectivity index (χ4n) is 1.85. The molecular formula is C13H21NO3. The third-order valence-corrected chi connectivity index (χ3v) is 2.70. The molecule has 0 heterocycles. The van der Waals surface area contributed by atoms with Gasteiger partial charge in [-0.15, -0.1) is 0 Å². The molecule has 1 atom stereocenters. The number of nitrogens with two attached hydrogens (primary N) is 1. The Morgan fingerprint density at radius 2 is 2.06 bits per heavy atom. The summed E-state index contributed by atoms with van der Waals surface area (Å²) in [5, 5.41) is 8.76. The van der Waals surface area contributed by atoms with Crippen LogP contribution < -0.4 is 15.2 Å². The average Bonchev–Trinajstić information content (AvgIpc) is 2.35. The van der Waals surface area contributed by atoms with Crippen LogP contribution in [0, 0.1) is 0 Å². The molecule has 1 aromatic carbocycles. The highest BCUT2D eigenvalue weighted by molar-refractivity contribution is 5.46. The fourth-order valence-corrected chi connectivity index (χ4v) is 1.85. The number of aliphatic hydroxyl groups excluding tert-OH is 1. The summed E-state index contributed by atoms with van der Waals surface area (Å²) in [5.41, 5.74) is 7.04. The third kappa shape index (κ3) is 3.91. The lowest BCUT2D eigenvalue weighted by Crippen LogP contribution is -2.23. The van der Waals surface area contributed by atoms with E-state index in [0.717, 1.165) is 36.3 Å². The Morgan fingerprint density at radius 3 is 2.65 bits per heavy atom. The van der Waals surface area contributed by atoms with E-state index in [4.69, 9.17) is 20.3 Å². The lowest BCUT2D eigenvalue weighted by atomic mass is 10.0. The maximum absolute atomic E-state index is 8.76. The number of benzene rings is 1. The quantitative estimate of drug-likeness (QED) is 0.753. The highest BCUT2D eigenvalue weighted by Gasteiger charge is 2.12. The van der Waals surface area contributed by atoms with E-state index in [1.54, 1.807) is 14.2 Å². The summed E-state index contributed by atoms with van der Waals surface area (Å²) >= 11 is 0. The van der Waals surface area contributed by atoms with Crippen LogP contribution in [0.5, 0.6) is 11.5 Å². The van der Waals surface area contributed by atoms with Crippen LogP contribution in [0.2, 0.25) is 0 Å². The molecular weight excluding hydrogens is 218 g/mol. The van der Waals surface area contributed by atoms with Crippen LogP contribution in [-0.2, 0) is 6.42 Å². The number of rotatable bonds is 7. The number of ether oxygens (including phenoxy) is 2. The van der Waals surface area contributed by atoms with Crippen LogP contribution in [0.1, 0.15) is 18.4 Å². The first-order chi connectivity index (χ1) is 8.22. The normalized spacial score (nSPS) is 12.2. The zero-order valence-electron chi connectivity index (χ0n) is 10.5. The SMILES string of the molecule is COc1cccc(CC(N)CCCO)c1OC. The molecule has 0 amide bonds. The minimum Gasteiger partial charge on any atom is -0.493 e. The summed E-state index contributed by atoms with van der Waals surface area (Å²) in [6.07, 6.45) is 2.25. The molecule has 0 fully saturated rings. The third-order valence-electron chi connectivity index (χ3n) is 2.70. The van der Waals surface area contributed by atoms with Crippen LogP contribution in [0.25, 0.3) is 0 Å². The van der Waals surface area contributed by atoms with Crippen molar-refractivity contribution in [3.8, 4) is 11.5 Å². The molecule has 1 rings (SSSR count). The van der Waals surface area contributed by atoms with Gasteiger partial charge >= 0.3 is 0 Å². The van der Waals surface area contributed by atoms with Crippen molar-refractivity contribution in [2.75, 3.05) is 20.8 Å². The van der Waals surface area contributed by atoms with E-state index >= 15 is 0 Å². The van der Waals surface area contributed by atoms with Gasteiger partial charge in [0.05, 0.1) is 14.2 Å². The second kappa shape index (κ2) is 7.14. The van der Waals surface area contributed by atoms with E-state index < -0.39 is 0 Å². The van der Waals surface area contributed by atoms with Gasteiger partial charge < -0.3 is 20.3 Å². The van der Waals surface area contributed by atoms with Crippen LogP contribution in [0.4, 0.5) is 0 Å². The standard InChI is InChI=1S/C13H21NO3/c1-16-12-7-3-5-10(13(12)17-2)9-11(14)6-4-8-15/h3,5,7,11,15H,4,6,8-9,14H2,1-2H3. The molecule has 0 radical (unpaired) electrons. The number of para-hydroxylation sites is 1. The molecule has 0 saturated carbocycles. The average molecular weight is 239 g/mol. The monoisotopic (exact) mass is 239 g/mol. The van der Waals surface area contributed by atoms with E-state index in [1.807, 2.05) is 18.2 Å². The molecule has 0 saturated heterocycles. The zero-order valence-corrected chi connectivity index (χ0v) is 10.5. The lowest BCUT2D eigenvalue weighted by Gasteiger charge is -2.15. The molecule has 1 aromatic rings. The highest BCUT2D eigenvalue weighted by Crippen LogP contribution is 2.31. The topological polar surface area (TPSA) is 64.7 Å². The van der Waals surface area contributed by atoms with Crippen LogP contribution in [-0.4, -0.2) is 32.0 Å². The minimum atomic E-state index is 0.0307. The molecule has 0 aromatic heterocycles. The minimum absolute atomic E-state index is 0.0307. The Kier molecular flexibility index (Phi) is 5.80. The fraction of sp³-hybridized carbons (Fsp3) is 0.538. The van der Waals surface area contributed by atoms with Gasteiger partial charge in [-0.2, -0.15) is 0 Å². The molecule has 0 aliphatic rings. The predicted molar refractivity (Wildman–Crippen MR) is 67.5 cm³/mol. The van der Waals surface area contributed by atoms with Gasteiger partial charge in [-0.1, -0.05) is 12.1 Å². The van der Waals surface area contributed by atoms with Crippen molar-refractivity contribution in [3.63, 3.8) is 0 Å². The summed E-state index contributed by atoms with van der Waals surface area (Å²) in [6.45, 7) is 0.183. The molecule has 0 spiro atoms. The van der Waals surface area contributed by atoms with Crippen molar-refractivity contribution in [1.29, 1.82) is 0 Å². The van der Waals surface area contributed by atoms with E-state index in [0.29, 0.717) is 0 Å². The zero-order chi connectivity index (χ0) is 12.7. The summed E-state index contributed by atoms with van der Waals surface area (Å²) in [6, 6.07) is 5.81. The molecule has 0 aliphatic carbocycles. The van der Waals surface area contributed by atoms with Crippen LogP contribution in [0.15, 0.2) is 18.2 Å². The number of hydrogen-bond acceptors (Lipinski definition) is 4. The molecule has 0 aliphatic heterocycles. The van der Waals surface area contributed by atoms with E-state index in [-0.39, 0.29) is 12.6 Å². The highest BCUT2D eigenvalue weighted by atomic mass is 16.5. The van der Waals surface area contributed by atoms with Crippen molar-refractivity contribution in [2.45, 2.75) is 25.3 Å². The van der Waals surface area contributed by atoms with Crippen molar-refractivity contribution >= 4 is 0 Å². The number of methoxy groups -OCH3 is 2. The van der Waals surface area contributed by atoms with Gasteiger partial charge in [0.25, 0.3) is 0 Å². The summed E-state index contributed by atoms with van der Waals surface area (Å²) in [4.78, 5) is 0. The van der Waals surface area contributed by atoms with Gasteiger partial charge in [0.15, 0.2) is 11.5 Å². The Morgan fingerprint density at radius 1 is 1.29 bits per heavy atom. The van der Waals surface area contributed by atoms with E-state index in [1.165, 1.54) is 0 Å². The van der Waals surface area contributed by atoms with Crippen molar-refractivity contribution in [3.05, 3.63) is 23.8 Å². The van der Waals surface area contributed by atoms with Gasteiger partial charge in [0.1, 0.15) is 0 Å². The van der Waals surface area contributed by atoms with Crippen LogP contribution >= 0.6 is 0 Å². The smallest absolute Gasteiger partial charge is 0.163 e. The maximum Gasteiger partial charge on any atom is 0.163 e. The van der Waals surface area contributed by atoms with Gasteiger partial charge in [0, 0.05) is 12.6 Å². The number of hydrogen-bond donors (Lipinski definition) is 2. The number of aliphatic hydroxyl groups is 1. The molecule has 4 nitrogen and oxygen atoms in total. The maximum atomic E-state index is 8.76. The van der Waals surface area contributed by atoms with Crippen LogP contribution in [0.3, 0.4) is 0 Å². The van der Waals surface area contributed by atoms with Gasteiger partial charge in [-0.05, 0) is 30.9 Å². The Labute approximate surface area is 102 Å². The van der Waals surface area contributed by atoms with E-state index in [2.05, 4.69) is 0 Å². The Balaban J connectivity index is 2.75. The first-order valence-electron chi connectivity index (χ1n) is 5.79. The Hall–Kier alpha value is -1.26. The molecule has 0 bridgehead atoms. The largest absolute Gasteiger partial charge is 0.493 e. The molecule has 1 unspecified atom stereocenters. The Bertz CT molecular complexity index is 341. The summed E-state index contributed by atoms with van der Waals surface area (Å²) in [7, 11) is 3.24. The molecule has 3 N–H and O–H groups in total. The second-order valence-corrected chi connectivity index (χ2v) is 3.98. The van der Waals surface area contributed by atoms with Crippen molar-refractivity contribution in [2.24, 2.45) is 5.73 Å². The predicted octanol–water partition coefficient (Wildman–Crippen LogP) is 1.35. The first kappa shape index (κ1) is 13.8.